The predicted octanol–water partition coefficient (Wildman–Crippen LogP) is 3.71. The maximum absolute atomic E-state index is 9.18. The first kappa shape index (κ1) is 12.3. The van der Waals surface area contributed by atoms with Crippen molar-refractivity contribution in [1.29, 1.82) is 10.5 Å². The summed E-state index contributed by atoms with van der Waals surface area (Å²) in [6, 6.07) is 15.1. The van der Waals surface area contributed by atoms with Crippen molar-refractivity contribution in [2.75, 3.05) is 0 Å². The van der Waals surface area contributed by atoms with E-state index in [2.05, 4.69) is 6.07 Å². The summed E-state index contributed by atoms with van der Waals surface area (Å²) in [5.74, 6) is 1.15. The van der Waals surface area contributed by atoms with E-state index in [0.29, 0.717) is 11.3 Å². The summed E-state index contributed by atoms with van der Waals surface area (Å²) in [5, 5.41) is 18.2. The SMILES string of the molecule is N#Cc1cccc(Oc2ccc3c(c2)CCC3)c1C#N. The minimum Gasteiger partial charge on any atom is -0.456 e. The van der Waals surface area contributed by atoms with Crippen molar-refractivity contribution >= 4 is 0 Å². The molecule has 0 spiro atoms. The fraction of sp³-hybridized carbons (Fsp3) is 0.176. The summed E-state index contributed by atoms with van der Waals surface area (Å²) in [7, 11) is 0. The van der Waals surface area contributed by atoms with Gasteiger partial charge in [0.25, 0.3) is 0 Å². The van der Waals surface area contributed by atoms with Gasteiger partial charge in [-0.05, 0) is 54.7 Å². The number of aryl methyl sites for hydroxylation is 2. The molecule has 3 rings (SSSR count). The molecule has 0 unspecified atom stereocenters. The highest BCUT2D eigenvalue weighted by molar-refractivity contribution is 5.55. The highest BCUT2D eigenvalue weighted by Gasteiger charge is 2.13. The minimum atomic E-state index is 0.287. The maximum Gasteiger partial charge on any atom is 0.146 e. The van der Waals surface area contributed by atoms with Crippen molar-refractivity contribution in [2.45, 2.75) is 19.3 Å². The number of hydrogen-bond donors (Lipinski definition) is 0. The van der Waals surface area contributed by atoms with Crippen LogP contribution in [-0.2, 0) is 12.8 Å². The molecule has 0 amide bonds. The summed E-state index contributed by atoms with van der Waals surface area (Å²) < 4.78 is 5.79. The zero-order valence-electron chi connectivity index (χ0n) is 10.9. The molecule has 1 aliphatic carbocycles. The van der Waals surface area contributed by atoms with Crippen LogP contribution in [0.1, 0.15) is 28.7 Å². The molecule has 0 bridgehead atoms. The largest absolute Gasteiger partial charge is 0.456 e. The van der Waals surface area contributed by atoms with Crippen molar-refractivity contribution in [1.82, 2.24) is 0 Å². The van der Waals surface area contributed by atoms with Gasteiger partial charge in [0, 0.05) is 0 Å². The van der Waals surface area contributed by atoms with Crippen LogP contribution in [0.3, 0.4) is 0 Å². The van der Waals surface area contributed by atoms with Gasteiger partial charge in [0.15, 0.2) is 0 Å². The van der Waals surface area contributed by atoms with E-state index in [1.54, 1.807) is 18.2 Å². The number of rotatable bonds is 2. The summed E-state index contributed by atoms with van der Waals surface area (Å²) in [4.78, 5) is 0. The third-order valence-corrected chi connectivity index (χ3v) is 3.56. The molecule has 0 fully saturated rings. The molecule has 0 heterocycles. The van der Waals surface area contributed by atoms with Crippen molar-refractivity contribution in [3.63, 3.8) is 0 Å². The van der Waals surface area contributed by atoms with Gasteiger partial charge in [-0.2, -0.15) is 10.5 Å². The molecule has 0 atom stereocenters. The molecule has 1 aliphatic rings. The lowest BCUT2D eigenvalue weighted by atomic mass is 10.1. The molecule has 2 aromatic carbocycles. The smallest absolute Gasteiger partial charge is 0.146 e. The van der Waals surface area contributed by atoms with E-state index in [0.717, 1.165) is 18.6 Å². The Morgan fingerprint density at radius 3 is 2.60 bits per heavy atom. The van der Waals surface area contributed by atoms with E-state index in [-0.39, 0.29) is 5.56 Å². The maximum atomic E-state index is 9.18. The molecule has 96 valence electrons. The fourth-order valence-corrected chi connectivity index (χ4v) is 2.56. The first-order valence-corrected chi connectivity index (χ1v) is 6.54. The van der Waals surface area contributed by atoms with Crippen LogP contribution in [0.25, 0.3) is 0 Å². The zero-order chi connectivity index (χ0) is 13.9. The van der Waals surface area contributed by atoms with Gasteiger partial charge in [0.1, 0.15) is 29.2 Å². The normalized spacial score (nSPS) is 12.3. The molecule has 0 radical (unpaired) electrons. The highest BCUT2D eigenvalue weighted by Crippen LogP contribution is 2.31. The Bertz CT molecular complexity index is 751. The molecule has 3 nitrogen and oxygen atoms in total. The van der Waals surface area contributed by atoms with Crippen LogP contribution in [0, 0.1) is 22.7 Å². The minimum absolute atomic E-state index is 0.287. The Morgan fingerprint density at radius 2 is 1.80 bits per heavy atom. The van der Waals surface area contributed by atoms with Gasteiger partial charge in [0.05, 0.1) is 5.56 Å². The Kier molecular flexibility index (Phi) is 3.11. The number of fused-ring (bicyclic) bond motifs is 1. The van der Waals surface area contributed by atoms with Crippen LogP contribution >= 0.6 is 0 Å². The topological polar surface area (TPSA) is 56.8 Å². The van der Waals surface area contributed by atoms with Crippen LogP contribution < -0.4 is 4.74 Å². The van der Waals surface area contributed by atoms with Gasteiger partial charge in [-0.25, -0.2) is 0 Å². The zero-order valence-corrected chi connectivity index (χ0v) is 10.9. The summed E-state index contributed by atoms with van der Waals surface area (Å²) >= 11 is 0. The molecule has 20 heavy (non-hydrogen) atoms. The second kappa shape index (κ2) is 5.07. The van der Waals surface area contributed by atoms with Crippen LogP contribution in [0.4, 0.5) is 0 Å². The quantitative estimate of drug-likeness (QED) is 0.827. The number of nitrogens with zero attached hydrogens (tertiary/aromatic N) is 2. The van der Waals surface area contributed by atoms with E-state index < -0.39 is 0 Å². The molecule has 2 aromatic rings. The summed E-state index contributed by atoms with van der Waals surface area (Å²) in [5.41, 5.74) is 3.32. The third-order valence-electron chi connectivity index (χ3n) is 3.56. The van der Waals surface area contributed by atoms with Gasteiger partial charge in [-0.15, -0.1) is 0 Å². The molecule has 0 N–H and O–H groups in total. The number of benzene rings is 2. The van der Waals surface area contributed by atoms with E-state index >= 15 is 0 Å². The summed E-state index contributed by atoms with van der Waals surface area (Å²) in [6.45, 7) is 0. The molecular weight excluding hydrogens is 248 g/mol. The van der Waals surface area contributed by atoms with Crippen molar-refractivity contribution in [3.05, 3.63) is 58.7 Å². The van der Waals surface area contributed by atoms with Gasteiger partial charge >= 0.3 is 0 Å². The van der Waals surface area contributed by atoms with E-state index in [4.69, 9.17) is 10.00 Å². The highest BCUT2D eigenvalue weighted by atomic mass is 16.5. The number of hydrogen-bond acceptors (Lipinski definition) is 3. The van der Waals surface area contributed by atoms with Crippen LogP contribution in [0.15, 0.2) is 36.4 Å². The molecule has 0 saturated heterocycles. The van der Waals surface area contributed by atoms with Crippen molar-refractivity contribution in [2.24, 2.45) is 0 Å². The van der Waals surface area contributed by atoms with Crippen LogP contribution in [0.5, 0.6) is 11.5 Å². The first-order valence-electron chi connectivity index (χ1n) is 6.54. The third kappa shape index (κ3) is 2.11. The Balaban J connectivity index is 1.96. The average molecular weight is 260 g/mol. The second-order valence-electron chi connectivity index (χ2n) is 4.79. The van der Waals surface area contributed by atoms with Gasteiger partial charge in [-0.1, -0.05) is 12.1 Å². The Morgan fingerprint density at radius 1 is 0.950 bits per heavy atom. The van der Waals surface area contributed by atoms with Gasteiger partial charge in [0.2, 0.25) is 0 Å². The van der Waals surface area contributed by atoms with Gasteiger partial charge in [-0.3, -0.25) is 0 Å². The first-order chi connectivity index (χ1) is 9.81. The van der Waals surface area contributed by atoms with Gasteiger partial charge < -0.3 is 4.74 Å². The average Bonchev–Trinajstić information content (AvgIpc) is 2.94. The Labute approximate surface area is 117 Å². The molecule has 0 aliphatic heterocycles. The monoisotopic (exact) mass is 260 g/mol. The van der Waals surface area contributed by atoms with Crippen LogP contribution in [0.2, 0.25) is 0 Å². The number of nitriles is 2. The fourth-order valence-electron chi connectivity index (χ4n) is 2.56. The van der Waals surface area contributed by atoms with Crippen LogP contribution in [-0.4, -0.2) is 0 Å². The standard InChI is InChI=1S/C17H12N2O/c18-10-14-5-2-6-17(16(14)11-19)20-15-8-7-12-3-1-4-13(12)9-15/h2,5-9H,1,3-4H2. The van der Waals surface area contributed by atoms with Crippen molar-refractivity contribution in [3.8, 4) is 23.6 Å². The lowest BCUT2D eigenvalue weighted by molar-refractivity contribution is 0.480. The summed E-state index contributed by atoms with van der Waals surface area (Å²) in [6.07, 6.45) is 3.39. The molecule has 0 saturated carbocycles. The van der Waals surface area contributed by atoms with E-state index in [1.165, 1.54) is 17.5 Å². The van der Waals surface area contributed by atoms with E-state index in [1.807, 2.05) is 24.3 Å². The predicted molar refractivity (Wildman–Crippen MR) is 74.4 cm³/mol. The Hall–Kier alpha value is -2.78. The molecule has 3 heteroatoms. The van der Waals surface area contributed by atoms with Crippen molar-refractivity contribution < 1.29 is 4.74 Å². The molecule has 0 aromatic heterocycles. The van der Waals surface area contributed by atoms with E-state index in [9.17, 15) is 5.26 Å². The molecular formula is C17H12N2O. The lowest BCUT2D eigenvalue weighted by Crippen LogP contribution is -1.92. The number of ether oxygens (including phenoxy) is 1. The second-order valence-corrected chi connectivity index (χ2v) is 4.79. The lowest BCUT2D eigenvalue weighted by Gasteiger charge is -2.09.